The van der Waals surface area contributed by atoms with E-state index in [1.165, 1.54) is 0 Å². The second kappa shape index (κ2) is 6.47. The molecule has 0 spiro atoms. The van der Waals surface area contributed by atoms with Crippen molar-refractivity contribution >= 4 is 5.91 Å². The summed E-state index contributed by atoms with van der Waals surface area (Å²) in [5.74, 6) is 0.0276. The standard InChI is InChI=1S/C13H18N2O3/c1-17-6-3-7-18-12-9-15(10-12)13(16)11-4-2-5-14-8-11/h2,4-5,8,12H,3,6-7,9-10H2,1H3. The fourth-order valence-corrected chi connectivity index (χ4v) is 1.83. The second-order valence-electron chi connectivity index (χ2n) is 4.29. The monoisotopic (exact) mass is 250 g/mol. The molecule has 0 aromatic carbocycles. The Morgan fingerprint density at radius 3 is 3.00 bits per heavy atom. The van der Waals surface area contributed by atoms with Gasteiger partial charge < -0.3 is 14.4 Å². The van der Waals surface area contributed by atoms with Crippen LogP contribution in [0.5, 0.6) is 0 Å². The number of carbonyl (C=O) groups is 1. The van der Waals surface area contributed by atoms with Crippen molar-refractivity contribution in [3.05, 3.63) is 30.1 Å². The Balaban J connectivity index is 1.68. The van der Waals surface area contributed by atoms with Crippen LogP contribution in [0.4, 0.5) is 0 Å². The molecule has 1 saturated heterocycles. The molecule has 0 unspecified atom stereocenters. The van der Waals surface area contributed by atoms with Crippen LogP contribution in [-0.2, 0) is 9.47 Å². The van der Waals surface area contributed by atoms with E-state index in [1.54, 1.807) is 36.5 Å². The third-order valence-corrected chi connectivity index (χ3v) is 2.89. The topological polar surface area (TPSA) is 51.7 Å². The number of aromatic nitrogens is 1. The molecule has 0 aliphatic carbocycles. The van der Waals surface area contributed by atoms with E-state index in [4.69, 9.17) is 9.47 Å². The minimum atomic E-state index is 0.0276. The highest BCUT2D eigenvalue weighted by atomic mass is 16.5. The van der Waals surface area contributed by atoms with Crippen LogP contribution in [0.15, 0.2) is 24.5 Å². The zero-order valence-corrected chi connectivity index (χ0v) is 10.5. The minimum absolute atomic E-state index is 0.0276. The second-order valence-corrected chi connectivity index (χ2v) is 4.29. The number of ether oxygens (including phenoxy) is 2. The molecule has 0 bridgehead atoms. The SMILES string of the molecule is COCCCOC1CN(C(=O)c2cccnc2)C1. The van der Waals surface area contributed by atoms with Crippen molar-refractivity contribution < 1.29 is 14.3 Å². The Kier molecular flexibility index (Phi) is 4.66. The van der Waals surface area contributed by atoms with E-state index < -0.39 is 0 Å². The summed E-state index contributed by atoms with van der Waals surface area (Å²) in [6.07, 6.45) is 4.32. The summed E-state index contributed by atoms with van der Waals surface area (Å²) < 4.78 is 10.5. The molecule has 0 N–H and O–H groups in total. The number of hydrogen-bond donors (Lipinski definition) is 0. The van der Waals surface area contributed by atoms with E-state index in [0.29, 0.717) is 31.9 Å². The Morgan fingerprint density at radius 1 is 1.50 bits per heavy atom. The first-order valence-corrected chi connectivity index (χ1v) is 6.11. The zero-order valence-electron chi connectivity index (χ0n) is 10.5. The van der Waals surface area contributed by atoms with Gasteiger partial charge in [0.25, 0.3) is 5.91 Å². The summed E-state index contributed by atoms with van der Waals surface area (Å²) in [5, 5.41) is 0. The molecule has 1 fully saturated rings. The van der Waals surface area contributed by atoms with Crippen LogP contribution in [0.2, 0.25) is 0 Å². The highest BCUT2D eigenvalue weighted by Crippen LogP contribution is 2.15. The molecule has 1 aromatic rings. The number of rotatable bonds is 6. The van der Waals surface area contributed by atoms with Crippen LogP contribution in [0.25, 0.3) is 0 Å². The smallest absolute Gasteiger partial charge is 0.255 e. The summed E-state index contributed by atoms with van der Waals surface area (Å²) in [7, 11) is 1.68. The van der Waals surface area contributed by atoms with E-state index >= 15 is 0 Å². The van der Waals surface area contributed by atoms with E-state index in [9.17, 15) is 4.79 Å². The molecule has 1 aliphatic rings. The van der Waals surface area contributed by atoms with Crippen molar-refractivity contribution in [2.75, 3.05) is 33.4 Å². The van der Waals surface area contributed by atoms with Gasteiger partial charge in [-0.25, -0.2) is 0 Å². The summed E-state index contributed by atoms with van der Waals surface area (Å²) in [6.45, 7) is 2.74. The maximum Gasteiger partial charge on any atom is 0.255 e. The summed E-state index contributed by atoms with van der Waals surface area (Å²) in [5.41, 5.74) is 0.635. The Labute approximate surface area is 107 Å². The number of pyridine rings is 1. The van der Waals surface area contributed by atoms with Gasteiger partial charge in [-0.15, -0.1) is 0 Å². The van der Waals surface area contributed by atoms with E-state index in [-0.39, 0.29) is 12.0 Å². The van der Waals surface area contributed by atoms with Crippen molar-refractivity contribution in [3.8, 4) is 0 Å². The number of likely N-dealkylation sites (tertiary alicyclic amines) is 1. The van der Waals surface area contributed by atoms with E-state index in [0.717, 1.165) is 6.42 Å². The Hall–Kier alpha value is -1.46. The molecular formula is C13H18N2O3. The molecule has 0 radical (unpaired) electrons. The van der Waals surface area contributed by atoms with Crippen LogP contribution in [0.1, 0.15) is 16.8 Å². The minimum Gasteiger partial charge on any atom is -0.385 e. The third kappa shape index (κ3) is 3.27. The van der Waals surface area contributed by atoms with E-state index in [2.05, 4.69) is 4.98 Å². The molecule has 5 heteroatoms. The van der Waals surface area contributed by atoms with Crippen molar-refractivity contribution in [1.29, 1.82) is 0 Å². The Morgan fingerprint density at radius 2 is 2.33 bits per heavy atom. The first-order chi connectivity index (χ1) is 8.81. The van der Waals surface area contributed by atoms with Gasteiger partial charge in [0, 0.05) is 45.8 Å². The molecule has 2 rings (SSSR count). The molecule has 1 aliphatic heterocycles. The average molecular weight is 250 g/mol. The largest absolute Gasteiger partial charge is 0.385 e. The maximum absolute atomic E-state index is 12.0. The van der Waals surface area contributed by atoms with Gasteiger partial charge in [0.2, 0.25) is 0 Å². The molecule has 2 heterocycles. The normalized spacial score (nSPS) is 15.5. The first kappa shape index (κ1) is 13.0. The highest BCUT2D eigenvalue weighted by Gasteiger charge is 2.31. The van der Waals surface area contributed by atoms with E-state index in [1.807, 2.05) is 0 Å². The van der Waals surface area contributed by atoms with Gasteiger partial charge in [-0.3, -0.25) is 9.78 Å². The number of amides is 1. The molecule has 1 amide bonds. The van der Waals surface area contributed by atoms with Gasteiger partial charge in [0.15, 0.2) is 0 Å². The predicted molar refractivity (Wildman–Crippen MR) is 66.4 cm³/mol. The summed E-state index contributed by atoms with van der Waals surface area (Å²) >= 11 is 0. The number of hydrogen-bond acceptors (Lipinski definition) is 4. The van der Waals surface area contributed by atoms with Crippen LogP contribution < -0.4 is 0 Å². The third-order valence-electron chi connectivity index (χ3n) is 2.89. The van der Waals surface area contributed by atoms with Gasteiger partial charge in [-0.2, -0.15) is 0 Å². The molecule has 0 atom stereocenters. The fraction of sp³-hybridized carbons (Fsp3) is 0.538. The first-order valence-electron chi connectivity index (χ1n) is 6.11. The number of carbonyl (C=O) groups excluding carboxylic acids is 1. The average Bonchev–Trinajstić information content (AvgIpc) is 2.37. The highest BCUT2D eigenvalue weighted by molar-refractivity contribution is 5.94. The van der Waals surface area contributed by atoms with Gasteiger partial charge in [-0.05, 0) is 18.6 Å². The summed E-state index contributed by atoms with van der Waals surface area (Å²) in [6, 6.07) is 3.55. The van der Waals surface area contributed by atoms with Crippen molar-refractivity contribution in [1.82, 2.24) is 9.88 Å². The number of methoxy groups -OCH3 is 1. The zero-order chi connectivity index (χ0) is 12.8. The molecule has 0 saturated carbocycles. The maximum atomic E-state index is 12.0. The van der Waals surface area contributed by atoms with Crippen LogP contribution >= 0.6 is 0 Å². The quantitative estimate of drug-likeness (QED) is 0.706. The lowest BCUT2D eigenvalue weighted by atomic mass is 10.1. The lowest BCUT2D eigenvalue weighted by Crippen LogP contribution is -2.54. The molecule has 5 nitrogen and oxygen atoms in total. The number of nitrogens with zero attached hydrogens (tertiary/aromatic N) is 2. The van der Waals surface area contributed by atoms with Gasteiger partial charge in [0.05, 0.1) is 11.7 Å². The molecule has 18 heavy (non-hydrogen) atoms. The fourth-order valence-electron chi connectivity index (χ4n) is 1.83. The lowest BCUT2D eigenvalue weighted by molar-refractivity contribution is -0.0464. The van der Waals surface area contributed by atoms with Gasteiger partial charge in [0.1, 0.15) is 0 Å². The Bertz CT molecular complexity index is 377. The molecule has 98 valence electrons. The van der Waals surface area contributed by atoms with Crippen LogP contribution in [0.3, 0.4) is 0 Å². The van der Waals surface area contributed by atoms with Crippen molar-refractivity contribution in [2.24, 2.45) is 0 Å². The lowest BCUT2D eigenvalue weighted by Gasteiger charge is -2.38. The van der Waals surface area contributed by atoms with Crippen molar-refractivity contribution in [3.63, 3.8) is 0 Å². The van der Waals surface area contributed by atoms with Crippen LogP contribution in [-0.4, -0.2) is 55.3 Å². The molecule has 1 aromatic heterocycles. The van der Waals surface area contributed by atoms with Gasteiger partial charge >= 0.3 is 0 Å². The summed E-state index contributed by atoms with van der Waals surface area (Å²) in [4.78, 5) is 17.7. The van der Waals surface area contributed by atoms with Gasteiger partial charge in [-0.1, -0.05) is 0 Å². The van der Waals surface area contributed by atoms with Crippen LogP contribution in [0, 0.1) is 0 Å². The molecular weight excluding hydrogens is 232 g/mol. The van der Waals surface area contributed by atoms with Crippen molar-refractivity contribution in [2.45, 2.75) is 12.5 Å². The predicted octanol–water partition coefficient (Wildman–Crippen LogP) is 0.959.